The molecule has 0 atom stereocenters. The number of alkyl halides is 13. The molecule has 2 rings (SSSR count). The van der Waals surface area contributed by atoms with Gasteiger partial charge >= 0.3 is 36.9 Å². The topological polar surface area (TPSA) is 62.7 Å². The molecule has 0 unspecified atom stereocenters. The van der Waals surface area contributed by atoms with E-state index in [0.29, 0.717) is 31.5 Å². The van der Waals surface area contributed by atoms with Crippen molar-refractivity contribution in [1.29, 1.82) is 0 Å². The van der Waals surface area contributed by atoms with Crippen LogP contribution in [0.5, 0.6) is 0 Å². The van der Waals surface area contributed by atoms with Gasteiger partial charge in [0.05, 0.1) is 0 Å². The molecule has 48 heavy (non-hydrogen) atoms. The Labute approximate surface area is 266 Å². The zero-order valence-electron chi connectivity index (χ0n) is 25.4. The number of hydrogen-bond acceptors (Lipinski definition) is 6. The van der Waals surface area contributed by atoms with E-state index in [-0.39, 0.29) is 6.42 Å². The minimum atomic E-state index is -7.08. The van der Waals surface area contributed by atoms with Crippen LogP contribution < -0.4 is 0 Å². The van der Waals surface area contributed by atoms with Crippen LogP contribution >= 0.6 is 0 Å². The summed E-state index contributed by atoms with van der Waals surface area (Å²) in [6.45, 7) is -0.451. The molecule has 19 heteroatoms. The fraction of sp³-hybridized carbons (Fsp3) is 0.655. The normalized spacial score (nSPS) is 13.7. The van der Waals surface area contributed by atoms with Gasteiger partial charge in [-0.2, -0.15) is 43.9 Å². The predicted molar refractivity (Wildman–Crippen MR) is 142 cm³/mol. The molecule has 274 valence electrons. The van der Waals surface area contributed by atoms with E-state index < -0.39 is 50.1 Å². The second-order valence-electron chi connectivity index (χ2n) is 10.6. The Bertz CT molecular complexity index is 1230. The summed E-state index contributed by atoms with van der Waals surface area (Å²) < 4.78 is 179. The number of hydrogen-bond donors (Lipinski definition) is 0. The first-order chi connectivity index (χ1) is 22.1. The van der Waals surface area contributed by atoms with Crippen LogP contribution in [-0.2, 0) is 31.8 Å². The summed E-state index contributed by atoms with van der Waals surface area (Å²) in [6.07, 6.45) is -28.1. The zero-order valence-corrected chi connectivity index (χ0v) is 25.4. The van der Waals surface area contributed by atoms with Crippen LogP contribution in [0.25, 0.3) is 11.4 Å². The molecule has 0 aliphatic carbocycles. The molecule has 0 radical (unpaired) electrons. The van der Waals surface area contributed by atoms with Crippen LogP contribution in [0.4, 0.5) is 57.1 Å². The van der Waals surface area contributed by atoms with Gasteiger partial charge < -0.3 is 4.74 Å². The minimum absolute atomic E-state index is 0.108. The summed E-state index contributed by atoms with van der Waals surface area (Å²) in [4.78, 5) is 8.84. The molecule has 0 saturated carbocycles. The SMILES string of the molecule is CCCCCCc1cnc(-c2ccc(CCCCCCOCC(F)(F)OC(F)(F)C(F)(F)OC(F)(F)C(F)(F)OC(F)(F)F)cc2)nc1. The number of aryl methyl sites for hydroxylation is 2. The summed E-state index contributed by atoms with van der Waals surface area (Å²) in [5.41, 5.74) is 2.89. The van der Waals surface area contributed by atoms with Gasteiger partial charge in [-0.25, -0.2) is 24.2 Å². The van der Waals surface area contributed by atoms with E-state index >= 15 is 0 Å². The molecule has 0 amide bonds. The molecule has 0 aliphatic heterocycles. The van der Waals surface area contributed by atoms with Crippen molar-refractivity contribution >= 4 is 0 Å². The number of benzene rings is 1. The molecule has 0 spiro atoms. The van der Waals surface area contributed by atoms with Crippen molar-refractivity contribution < 1.29 is 76.0 Å². The average molecular weight is 721 g/mol. The number of nitrogens with zero attached hydrogens (tertiary/aromatic N) is 2. The van der Waals surface area contributed by atoms with Crippen LogP contribution in [0.1, 0.15) is 69.4 Å². The summed E-state index contributed by atoms with van der Waals surface area (Å²) in [5.74, 6) is 0.585. The summed E-state index contributed by atoms with van der Waals surface area (Å²) >= 11 is 0. The van der Waals surface area contributed by atoms with Crippen molar-refractivity contribution in [3.05, 3.63) is 47.8 Å². The highest BCUT2D eigenvalue weighted by Gasteiger charge is 2.74. The van der Waals surface area contributed by atoms with Crippen molar-refractivity contribution in [2.75, 3.05) is 13.2 Å². The van der Waals surface area contributed by atoms with Crippen LogP contribution in [0.3, 0.4) is 0 Å². The maximum Gasteiger partial charge on any atom is 0.527 e. The summed E-state index contributed by atoms with van der Waals surface area (Å²) in [5, 5.41) is 0. The maximum absolute atomic E-state index is 13.6. The molecular formula is C29H33F13N2O4. The molecule has 0 fully saturated rings. The third-order valence-corrected chi connectivity index (χ3v) is 6.47. The smallest absolute Gasteiger partial charge is 0.372 e. The number of aromatic nitrogens is 2. The van der Waals surface area contributed by atoms with Crippen molar-refractivity contribution in [2.24, 2.45) is 0 Å². The predicted octanol–water partition coefficient (Wildman–Crippen LogP) is 9.92. The Balaban J connectivity index is 1.71. The van der Waals surface area contributed by atoms with E-state index in [0.717, 1.165) is 42.4 Å². The first kappa shape index (κ1) is 41.4. The minimum Gasteiger partial charge on any atom is -0.372 e. The van der Waals surface area contributed by atoms with E-state index in [1.54, 1.807) is 4.74 Å². The molecule has 0 aliphatic rings. The number of unbranched alkanes of at least 4 members (excludes halogenated alkanes) is 6. The van der Waals surface area contributed by atoms with Crippen LogP contribution in [-0.4, -0.2) is 60.1 Å². The van der Waals surface area contributed by atoms with Gasteiger partial charge in [-0.05, 0) is 43.2 Å². The quantitative estimate of drug-likeness (QED) is 0.0892. The van der Waals surface area contributed by atoms with Crippen LogP contribution in [0.15, 0.2) is 36.7 Å². The highest BCUT2D eigenvalue weighted by Crippen LogP contribution is 2.48. The molecule has 1 aromatic carbocycles. The van der Waals surface area contributed by atoms with E-state index in [1.807, 2.05) is 41.4 Å². The second kappa shape index (κ2) is 17.2. The highest BCUT2D eigenvalue weighted by molar-refractivity contribution is 5.55. The zero-order chi connectivity index (χ0) is 36.3. The van der Waals surface area contributed by atoms with Crippen LogP contribution in [0.2, 0.25) is 0 Å². The van der Waals surface area contributed by atoms with Crippen LogP contribution in [0, 0.1) is 0 Å². The molecule has 0 N–H and O–H groups in total. The lowest BCUT2D eigenvalue weighted by atomic mass is 10.0. The standard InChI is InChI=1S/C29H33F13N2O4/c1-2-3-4-7-11-21-17-43-23(44-18-21)22-14-12-20(13-15-22)10-8-5-6-9-16-45-19-24(30,31)46-25(32,33)26(34,35)47-27(36,37)28(38,39)48-29(40,41)42/h12-15,17-18H,2-11,16,19H2,1H3. The molecule has 0 bridgehead atoms. The van der Waals surface area contributed by atoms with Crippen molar-refractivity contribution in [2.45, 2.75) is 108 Å². The first-order valence-corrected chi connectivity index (χ1v) is 14.6. The number of rotatable bonds is 22. The Morgan fingerprint density at radius 1 is 0.542 bits per heavy atom. The monoisotopic (exact) mass is 720 g/mol. The van der Waals surface area contributed by atoms with Gasteiger partial charge in [-0.15, -0.1) is 13.2 Å². The molecule has 2 aromatic rings. The van der Waals surface area contributed by atoms with E-state index in [2.05, 4.69) is 26.4 Å². The molecular weight excluding hydrogens is 687 g/mol. The summed E-state index contributed by atoms with van der Waals surface area (Å²) in [7, 11) is 0. The van der Waals surface area contributed by atoms with Crippen molar-refractivity contribution in [1.82, 2.24) is 9.97 Å². The van der Waals surface area contributed by atoms with Crippen molar-refractivity contribution in [3.8, 4) is 11.4 Å². The van der Waals surface area contributed by atoms with Gasteiger partial charge in [0.15, 0.2) is 5.82 Å². The molecule has 6 nitrogen and oxygen atoms in total. The Morgan fingerprint density at radius 2 is 1.02 bits per heavy atom. The fourth-order valence-electron chi connectivity index (χ4n) is 4.05. The maximum atomic E-state index is 13.6. The number of ether oxygens (including phenoxy) is 4. The Kier molecular flexibility index (Phi) is 14.9. The molecule has 1 heterocycles. The van der Waals surface area contributed by atoms with E-state index in [4.69, 9.17) is 0 Å². The van der Waals surface area contributed by atoms with Gasteiger partial charge in [0.1, 0.15) is 6.61 Å². The van der Waals surface area contributed by atoms with Gasteiger partial charge in [0.25, 0.3) is 0 Å². The lowest BCUT2D eigenvalue weighted by molar-refractivity contribution is -0.564. The Hall–Kier alpha value is -2.77. The van der Waals surface area contributed by atoms with Gasteiger partial charge in [-0.3, -0.25) is 0 Å². The van der Waals surface area contributed by atoms with Gasteiger partial charge in [-0.1, -0.05) is 63.3 Å². The van der Waals surface area contributed by atoms with Gasteiger partial charge in [0, 0.05) is 24.6 Å². The third-order valence-electron chi connectivity index (χ3n) is 6.47. The highest BCUT2D eigenvalue weighted by atomic mass is 19.4. The lowest BCUT2D eigenvalue weighted by Crippen LogP contribution is -2.57. The summed E-state index contributed by atoms with van der Waals surface area (Å²) in [6, 6.07) is 7.54. The first-order valence-electron chi connectivity index (χ1n) is 14.6. The van der Waals surface area contributed by atoms with Gasteiger partial charge in [0.2, 0.25) is 0 Å². The van der Waals surface area contributed by atoms with Crippen molar-refractivity contribution in [3.63, 3.8) is 0 Å². The molecule has 0 saturated heterocycles. The lowest BCUT2D eigenvalue weighted by Gasteiger charge is -2.33. The number of halogens is 13. The van der Waals surface area contributed by atoms with E-state index in [9.17, 15) is 57.1 Å². The average Bonchev–Trinajstić information content (AvgIpc) is 2.95. The second-order valence-corrected chi connectivity index (χ2v) is 10.6. The third kappa shape index (κ3) is 13.6. The Morgan fingerprint density at radius 3 is 1.56 bits per heavy atom. The molecule has 1 aromatic heterocycles. The largest absolute Gasteiger partial charge is 0.527 e. The fourth-order valence-corrected chi connectivity index (χ4v) is 4.05. The van der Waals surface area contributed by atoms with E-state index in [1.165, 1.54) is 6.42 Å².